The van der Waals surface area contributed by atoms with Gasteiger partial charge < -0.3 is 9.47 Å². The molecule has 1 rings (SSSR count). The topological polar surface area (TPSA) is 35.5 Å². The lowest BCUT2D eigenvalue weighted by Gasteiger charge is -2.22. The van der Waals surface area contributed by atoms with Crippen LogP contribution in [0.5, 0.6) is 0 Å². The molecule has 0 aliphatic heterocycles. The van der Waals surface area contributed by atoms with Crippen LogP contribution in [0.4, 0.5) is 0 Å². The molecule has 0 saturated heterocycles. The number of benzene rings is 1. The first-order chi connectivity index (χ1) is 8.99. The second-order valence-electron chi connectivity index (χ2n) is 4.59. The van der Waals surface area contributed by atoms with E-state index in [0.29, 0.717) is 6.61 Å². The second kappa shape index (κ2) is 7.46. The number of ether oxygens (including phenoxy) is 2. The van der Waals surface area contributed by atoms with Gasteiger partial charge in [-0.2, -0.15) is 0 Å². The molecule has 0 amide bonds. The molecule has 0 aliphatic rings. The Kier molecular flexibility index (Phi) is 6.25. The molecule has 19 heavy (non-hydrogen) atoms. The Morgan fingerprint density at radius 1 is 1.32 bits per heavy atom. The van der Waals surface area contributed by atoms with Crippen LogP contribution in [0.2, 0.25) is 0 Å². The number of carbonyl (C=O) groups is 1. The summed E-state index contributed by atoms with van der Waals surface area (Å²) in [5.74, 6) is -0.371. The first kappa shape index (κ1) is 15.9. The molecular formula is C15H19BrO3. The fourth-order valence-corrected chi connectivity index (χ4v) is 1.66. The number of allylic oxidation sites excluding steroid dienone is 1. The predicted molar refractivity (Wildman–Crippen MR) is 80.2 cm³/mol. The van der Waals surface area contributed by atoms with E-state index < -0.39 is 5.60 Å². The maximum atomic E-state index is 11.5. The van der Waals surface area contributed by atoms with Gasteiger partial charge in [-0.3, -0.25) is 0 Å². The quantitative estimate of drug-likeness (QED) is 0.592. The normalized spacial score (nSPS) is 11.8. The van der Waals surface area contributed by atoms with Crippen LogP contribution in [0.1, 0.15) is 25.0 Å². The standard InChI is InChI=1S/C15H19BrO3/c1-15(2,14(17)18-3)19-11-13-8-6-12(7-9-13)5-4-10-16/h4-9H,10-11H2,1-3H3/b5-4-. The lowest BCUT2D eigenvalue weighted by atomic mass is 10.1. The average Bonchev–Trinajstić information content (AvgIpc) is 2.43. The highest BCUT2D eigenvalue weighted by molar-refractivity contribution is 9.09. The maximum absolute atomic E-state index is 11.5. The largest absolute Gasteiger partial charge is 0.467 e. The maximum Gasteiger partial charge on any atom is 0.337 e. The van der Waals surface area contributed by atoms with E-state index in [-0.39, 0.29) is 5.97 Å². The Bertz CT molecular complexity index is 435. The van der Waals surface area contributed by atoms with E-state index >= 15 is 0 Å². The monoisotopic (exact) mass is 326 g/mol. The zero-order valence-electron chi connectivity index (χ0n) is 11.5. The van der Waals surface area contributed by atoms with Gasteiger partial charge in [-0.1, -0.05) is 52.3 Å². The van der Waals surface area contributed by atoms with Crippen molar-refractivity contribution in [2.75, 3.05) is 12.4 Å². The van der Waals surface area contributed by atoms with Crippen LogP contribution in [0.15, 0.2) is 30.3 Å². The van der Waals surface area contributed by atoms with Gasteiger partial charge in [0.05, 0.1) is 13.7 Å². The molecule has 0 aromatic heterocycles. The third-order valence-corrected chi connectivity index (χ3v) is 3.03. The molecule has 4 heteroatoms. The fourth-order valence-electron chi connectivity index (χ4n) is 1.47. The Balaban J connectivity index is 2.59. The van der Waals surface area contributed by atoms with Gasteiger partial charge >= 0.3 is 5.97 Å². The van der Waals surface area contributed by atoms with Crippen molar-refractivity contribution in [3.63, 3.8) is 0 Å². The lowest BCUT2D eigenvalue weighted by Crippen LogP contribution is -2.35. The molecule has 0 fully saturated rings. The first-order valence-electron chi connectivity index (χ1n) is 6.03. The van der Waals surface area contributed by atoms with E-state index in [0.717, 1.165) is 16.5 Å². The van der Waals surface area contributed by atoms with Gasteiger partial charge in [0.2, 0.25) is 0 Å². The Hall–Kier alpha value is -1.13. The highest BCUT2D eigenvalue weighted by Crippen LogP contribution is 2.15. The van der Waals surface area contributed by atoms with E-state index in [2.05, 4.69) is 20.7 Å². The molecule has 0 atom stereocenters. The van der Waals surface area contributed by atoms with E-state index in [1.807, 2.05) is 36.4 Å². The number of carbonyl (C=O) groups excluding carboxylic acids is 1. The minimum absolute atomic E-state index is 0.371. The van der Waals surface area contributed by atoms with Gasteiger partial charge in [-0.25, -0.2) is 4.79 Å². The van der Waals surface area contributed by atoms with E-state index in [9.17, 15) is 4.79 Å². The number of halogens is 1. The summed E-state index contributed by atoms with van der Waals surface area (Å²) >= 11 is 3.34. The number of rotatable bonds is 6. The van der Waals surface area contributed by atoms with E-state index in [1.165, 1.54) is 7.11 Å². The average molecular weight is 327 g/mol. The summed E-state index contributed by atoms with van der Waals surface area (Å²) in [6, 6.07) is 8.01. The van der Waals surface area contributed by atoms with Crippen LogP contribution in [0.3, 0.4) is 0 Å². The molecule has 104 valence electrons. The smallest absolute Gasteiger partial charge is 0.337 e. The zero-order chi connectivity index (χ0) is 14.3. The summed E-state index contributed by atoms with van der Waals surface area (Å²) in [5.41, 5.74) is 1.23. The van der Waals surface area contributed by atoms with Gasteiger partial charge in [0.1, 0.15) is 0 Å². The molecule has 0 bridgehead atoms. The van der Waals surface area contributed by atoms with Crippen LogP contribution >= 0.6 is 15.9 Å². The van der Waals surface area contributed by atoms with Crippen LogP contribution in [-0.2, 0) is 20.9 Å². The third kappa shape index (κ3) is 5.17. The SMILES string of the molecule is COC(=O)C(C)(C)OCc1ccc(/C=C\CBr)cc1. The summed E-state index contributed by atoms with van der Waals surface area (Å²) in [6.07, 6.45) is 4.07. The van der Waals surface area contributed by atoms with Crippen molar-refractivity contribution in [1.29, 1.82) is 0 Å². The highest BCUT2D eigenvalue weighted by Gasteiger charge is 2.29. The molecule has 0 N–H and O–H groups in total. The van der Waals surface area contributed by atoms with Crippen LogP contribution < -0.4 is 0 Å². The minimum atomic E-state index is -0.927. The predicted octanol–water partition coefficient (Wildman–Crippen LogP) is 3.56. The summed E-state index contributed by atoms with van der Waals surface area (Å²) in [5, 5.41) is 0.838. The summed E-state index contributed by atoms with van der Waals surface area (Å²) in [4.78, 5) is 11.5. The summed E-state index contributed by atoms with van der Waals surface area (Å²) in [7, 11) is 1.36. The van der Waals surface area contributed by atoms with Crippen molar-refractivity contribution in [2.45, 2.75) is 26.1 Å². The summed E-state index contributed by atoms with van der Waals surface area (Å²) < 4.78 is 10.3. The van der Waals surface area contributed by atoms with E-state index in [4.69, 9.17) is 4.74 Å². The van der Waals surface area contributed by atoms with Crippen molar-refractivity contribution < 1.29 is 14.3 Å². The molecule has 1 aromatic rings. The molecule has 0 heterocycles. The summed E-state index contributed by atoms with van der Waals surface area (Å²) in [6.45, 7) is 3.78. The van der Waals surface area contributed by atoms with Gasteiger partial charge in [-0.05, 0) is 25.0 Å². The van der Waals surface area contributed by atoms with Crippen molar-refractivity contribution in [3.8, 4) is 0 Å². The van der Waals surface area contributed by atoms with Crippen molar-refractivity contribution >= 4 is 28.0 Å². The second-order valence-corrected chi connectivity index (χ2v) is 5.24. The molecular weight excluding hydrogens is 308 g/mol. The zero-order valence-corrected chi connectivity index (χ0v) is 13.1. The molecule has 3 nitrogen and oxygen atoms in total. The third-order valence-electron chi connectivity index (χ3n) is 2.66. The Morgan fingerprint density at radius 2 is 1.95 bits per heavy atom. The Morgan fingerprint density at radius 3 is 2.47 bits per heavy atom. The minimum Gasteiger partial charge on any atom is -0.467 e. The molecule has 0 spiro atoms. The van der Waals surface area contributed by atoms with Crippen LogP contribution in [0, 0.1) is 0 Å². The number of esters is 1. The molecule has 0 unspecified atom stereocenters. The number of alkyl halides is 1. The van der Waals surface area contributed by atoms with Crippen molar-refractivity contribution in [3.05, 3.63) is 41.5 Å². The fraction of sp³-hybridized carbons (Fsp3) is 0.400. The number of hydrogen-bond donors (Lipinski definition) is 0. The molecule has 0 saturated carbocycles. The molecule has 1 aromatic carbocycles. The van der Waals surface area contributed by atoms with Gasteiger partial charge in [0, 0.05) is 5.33 Å². The van der Waals surface area contributed by atoms with Gasteiger partial charge in [0.25, 0.3) is 0 Å². The van der Waals surface area contributed by atoms with E-state index in [1.54, 1.807) is 13.8 Å². The molecule has 0 aliphatic carbocycles. The lowest BCUT2D eigenvalue weighted by molar-refractivity contribution is -0.166. The van der Waals surface area contributed by atoms with Crippen LogP contribution in [0.25, 0.3) is 6.08 Å². The van der Waals surface area contributed by atoms with Crippen molar-refractivity contribution in [2.24, 2.45) is 0 Å². The first-order valence-corrected chi connectivity index (χ1v) is 7.15. The van der Waals surface area contributed by atoms with Crippen LogP contribution in [-0.4, -0.2) is 24.0 Å². The number of hydrogen-bond acceptors (Lipinski definition) is 3. The van der Waals surface area contributed by atoms with Crippen molar-refractivity contribution in [1.82, 2.24) is 0 Å². The Labute approximate surface area is 122 Å². The highest BCUT2D eigenvalue weighted by atomic mass is 79.9. The molecule has 0 radical (unpaired) electrons. The van der Waals surface area contributed by atoms with Gasteiger partial charge in [-0.15, -0.1) is 0 Å². The van der Waals surface area contributed by atoms with Gasteiger partial charge in [0.15, 0.2) is 5.60 Å². The number of methoxy groups -OCH3 is 1.